The normalized spacial score (nSPS) is 40.4. The van der Waals surface area contributed by atoms with Gasteiger partial charge in [-0.05, 0) is 73.7 Å². The SMILES string of the molecule is CC(O)O[C@H]1CC[C@H]2C3CCC4=CC(=O)CCC4=C3C=C[C@]12C. The maximum atomic E-state index is 11.7. The molecule has 0 amide bonds. The molecule has 0 bridgehead atoms. The van der Waals surface area contributed by atoms with Crippen molar-refractivity contribution < 1.29 is 14.6 Å². The van der Waals surface area contributed by atoms with Crippen molar-refractivity contribution in [2.24, 2.45) is 17.3 Å². The Morgan fingerprint density at radius 2 is 2.09 bits per heavy atom. The molecule has 0 aromatic heterocycles. The fourth-order valence-corrected chi connectivity index (χ4v) is 5.43. The number of hydrogen-bond acceptors (Lipinski definition) is 3. The van der Waals surface area contributed by atoms with Crippen molar-refractivity contribution in [1.29, 1.82) is 0 Å². The van der Waals surface area contributed by atoms with Gasteiger partial charge in [0.2, 0.25) is 0 Å². The Hall–Kier alpha value is -1.19. The predicted octanol–water partition coefficient (Wildman–Crippen LogP) is 3.69. The molecule has 1 saturated carbocycles. The lowest BCUT2D eigenvalue weighted by Crippen LogP contribution is -2.41. The molecule has 0 saturated heterocycles. The molecule has 124 valence electrons. The Balaban J connectivity index is 1.72. The summed E-state index contributed by atoms with van der Waals surface area (Å²) in [5.74, 6) is 1.48. The van der Waals surface area contributed by atoms with Crippen molar-refractivity contribution >= 4 is 5.78 Å². The average molecular weight is 314 g/mol. The molecule has 23 heavy (non-hydrogen) atoms. The van der Waals surface area contributed by atoms with Crippen molar-refractivity contribution in [3.8, 4) is 0 Å². The molecule has 0 heterocycles. The van der Waals surface area contributed by atoms with Crippen LogP contribution in [0.4, 0.5) is 0 Å². The van der Waals surface area contributed by atoms with Gasteiger partial charge >= 0.3 is 0 Å². The largest absolute Gasteiger partial charge is 0.368 e. The van der Waals surface area contributed by atoms with Crippen molar-refractivity contribution in [3.05, 3.63) is 34.9 Å². The molecule has 0 spiro atoms. The second-order valence-corrected chi connectivity index (χ2v) is 7.82. The predicted molar refractivity (Wildman–Crippen MR) is 88.6 cm³/mol. The fourth-order valence-electron chi connectivity index (χ4n) is 5.43. The minimum Gasteiger partial charge on any atom is -0.368 e. The van der Waals surface area contributed by atoms with Gasteiger partial charge in [0.05, 0.1) is 6.10 Å². The highest BCUT2D eigenvalue weighted by Gasteiger charge is 2.52. The van der Waals surface area contributed by atoms with Crippen molar-refractivity contribution in [1.82, 2.24) is 0 Å². The van der Waals surface area contributed by atoms with E-state index in [2.05, 4.69) is 19.1 Å². The van der Waals surface area contributed by atoms with Crippen LogP contribution in [-0.2, 0) is 9.53 Å². The third kappa shape index (κ3) is 2.36. The Morgan fingerprint density at radius 1 is 1.26 bits per heavy atom. The van der Waals surface area contributed by atoms with Crippen molar-refractivity contribution in [2.45, 2.75) is 64.8 Å². The molecule has 0 aromatic carbocycles. The Morgan fingerprint density at radius 3 is 2.87 bits per heavy atom. The first-order valence-corrected chi connectivity index (χ1v) is 8.98. The van der Waals surface area contributed by atoms with Gasteiger partial charge in [-0.1, -0.05) is 19.1 Å². The van der Waals surface area contributed by atoms with E-state index in [-0.39, 0.29) is 11.5 Å². The van der Waals surface area contributed by atoms with Crippen LogP contribution in [0.25, 0.3) is 0 Å². The van der Waals surface area contributed by atoms with E-state index in [1.54, 1.807) is 6.92 Å². The van der Waals surface area contributed by atoms with E-state index in [1.807, 2.05) is 6.08 Å². The molecule has 0 aromatic rings. The van der Waals surface area contributed by atoms with Crippen LogP contribution in [-0.4, -0.2) is 23.3 Å². The van der Waals surface area contributed by atoms with Gasteiger partial charge < -0.3 is 9.84 Å². The summed E-state index contributed by atoms with van der Waals surface area (Å²) in [5, 5.41) is 9.63. The van der Waals surface area contributed by atoms with Gasteiger partial charge in [0.25, 0.3) is 0 Å². The van der Waals surface area contributed by atoms with E-state index in [0.717, 1.165) is 32.1 Å². The third-order valence-electron chi connectivity index (χ3n) is 6.52. The number of allylic oxidation sites excluding steroid dienone is 5. The number of hydrogen-bond donors (Lipinski definition) is 1. The van der Waals surface area contributed by atoms with Crippen LogP contribution in [0.3, 0.4) is 0 Å². The van der Waals surface area contributed by atoms with Gasteiger partial charge in [-0.25, -0.2) is 0 Å². The number of aliphatic hydroxyl groups is 1. The Bertz CT molecular complexity index is 625. The summed E-state index contributed by atoms with van der Waals surface area (Å²) in [4.78, 5) is 11.7. The highest BCUT2D eigenvalue weighted by Crippen LogP contribution is 2.58. The zero-order valence-electron chi connectivity index (χ0n) is 14.0. The number of aliphatic hydroxyl groups excluding tert-OH is 1. The van der Waals surface area contributed by atoms with Gasteiger partial charge in [0.15, 0.2) is 12.1 Å². The van der Waals surface area contributed by atoms with Gasteiger partial charge in [-0.2, -0.15) is 0 Å². The number of carbonyl (C=O) groups excluding carboxylic acids is 1. The molecule has 2 unspecified atom stereocenters. The summed E-state index contributed by atoms with van der Waals surface area (Å²) in [7, 11) is 0. The second kappa shape index (κ2) is 5.42. The van der Waals surface area contributed by atoms with Crippen molar-refractivity contribution in [2.75, 3.05) is 0 Å². The molecule has 4 aliphatic carbocycles. The molecule has 1 fully saturated rings. The fraction of sp³-hybridized carbons (Fsp3) is 0.650. The highest BCUT2D eigenvalue weighted by molar-refractivity contribution is 5.93. The van der Waals surface area contributed by atoms with Crippen LogP contribution in [0.2, 0.25) is 0 Å². The first kappa shape index (κ1) is 15.3. The van der Waals surface area contributed by atoms with E-state index in [9.17, 15) is 9.90 Å². The summed E-state index contributed by atoms with van der Waals surface area (Å²) in [6, 6.07) is 0. The molecule has 4 aliphatic rings. The lowest BCUT2D eigenvalue weighted by molar-refractivity contribution is -0.148. The van der Waals surface area contributed by atoms with E-state index in [4.69, 9.17) is 4.74 Å². The van der Waals surface area contributed by atoms with Gasteiger partial charge in [-0.15, -0.1) is 0 Å². The van der Waals surface area contributed by atoms with Gasteiger partial charge in [-0.3, -0.25) is 4.79 Å². The van der Waals surface area contributed by atoms with E-state index >= 15 is 0 Å². The second-order valence-electron chi connectivity index (χ2n) is 7.82. The first-order valence-electron chi connectivity index (χ1n) is 8.98. The molecular formula is C20H26O3. The third-order valence-corrected chi connectivity index (χ3v) is 6.52. The molecule has 0 radical (unpaired) electrons. The zero-order chi connectivity index (χ0) is 16.2. The lowest BCUT2D eigenvalue weighted by atomic mass is 9.60. The summed E-state index contributed by atoms with van der Waals surface area (Å²) in [6.07, 6.45) is 11.9. The molecular weight excluding hydrogens is 288 g/mol. The van der Waals surface area contributed by atoms with E-state index < -0.39 is 6.29 Å². The molecule has 4 rings (SSSR count). The lowest BCUT2D eigenvalue weighted by Gasteiger charge is -2.45. The monoisotopic (exact) mass is 314 g/mol. The highest BCUT2D eigenvalue weighted by atomic mass is 16.6. The number of ether oxygens (including phenoxy) is 1. The van der Waals surface area contributed by atoms with Crippen LogP contribution in [0.15, 0.2) is 34.9 Å². The average Bonchev–Trinajstić information content (AvgIpc) is 2.83. The summed E-state index contributed by atoms with van der Waals surface area (Å²) in [5.41, 5.74) is 4.24. The van der Waals surface area contributed by atoms with Crippen LogP contribution in [0.5, 0.6) is 0 Å². The quantitative estimate of drug-likeness (QED) is 0.791. The maximum absolute atomic E-state index is 11.7. The first-order chi connectivity index (χ1) is 11.0. The number of fused-ring (bicyclic) bond motifs is 4. The number of rotatable bonds is 2. The Labute approximate surface area is 138 Å². The van der Waals surface area contributed by atoms with Crippen LogP contribution < -0.4 is 0 Å². The topological polar surface area (TPSA) is 46.5 Å². The smallest absolute Gasteiger partial charge is 0.156 e. The van der Waals surface area contributed by atoms with Crippen LogP contribution in [0, 0.1) is 17.3 Å². The van der Waals surface area contributed by atoms with Crippen LogP contribution in [0.1, 0.15) is 52.4 Å². The van der Waals surface area contributed by atoms with E-state index in [0.29, 0.717) is 24.0 Å². The maximum Gasteiger partial charge on any atom is 0.156 e. The number of ketones is 1. The van der Waals surface area contributed by atoms with Gasteiger partial charge in [0.1, 0.15) is 0 Å². The minimum atomic E-state index is -0.700. The molecule has 1 N–H and O–H groups in total. The molecule has 3 nitrogen and oxygen atoms in total. The summed E-state index contributed by atoms with van der Waals surface area (Å²) >= 11 is 0. The van der Waals surface area contributed by atoms with Crippen LogP contribution >= 0.6 is 0 Å². The summed E-state index contributed by atoms with van der Waals surface area (Å²) < 4.78 is 5.82. The molecule has 0 aliphatic heterocycles. The minimum absolute atomic E-state index is 0.0252. The van der Waals surface area contributed by atoms with E-state index in [1.165, 1.54) is 16.7 Å². The zero-order valence-corrected chi connectivity index (χ0v) is 14.0. The van der Waals surface area contributed by atoms with Gasteiger partial charge in [0, 0.05) is 11.8 Å². The Kier molecular flexibility index (Phi) is 3.62. The molecule has 3 heteroatoms. The standard InChI is InChI=1S/C20H26O3/c1-12(21)23-19-8-7-18-17-5-3-13-11-14(22)4-6-15(13)16(17)9-10-20(18,19)2/h9-12,17-19,21H,3-8H2,1-2H3/t12?,17?,18-,19-,20-/m0/s1. The summed E-state index contributed by atoms with van der Waals surface area (Å²) in [6.45, 7) is 4.00. The van der Waals surface area contributed by atoms with Crippen molar-refractivity contribution in [3.63, 3.8) is 0 Å². The molecule has 5 atom stereocenters. The number of carbonyl (C=O) groups is 1.